The summed E-state index contributed by atoms with van der Waals surface area (Å²) >= 11 is 1.63. The van der Waals surface area contributed by atoms with E-state index in [0.717, 1.165) is 17.4 Å². The molecule has 0 aliphatic heterocycles. The number of thiazole rings is 1. The van der Waals surface area contributed by atoms with E-state index in [1.165, 1.54) is 43.2 Å². The second kappa shape index (κ2) is 5.10. The van der Waals surface area contributed by atoms with Crippen LogP contribution in [0.4, 0.5) is 5.13 Å². The fraction of sp³-hybridized carbons (Fsp3) is 0.435. The Hall–Kier alpha value is -1.87. The summed E-state index contributed by atoms with van der Waals surface area (Å²) < 4.78 is 1.25. The molecule has 7 rings (SSSR count). The first-order valence-corrected chi connectivity index (χ1v) is 10.7. The van der Waals surface area contributed by atoms with E-state index >= 15 is 0 Å². The average molecular weight is 361 g/mol. The van der Waals surface area contributed by atoms with Crippen LogP contribution in [0.5, 0.6) is 0 Å². The molecule has 2 atom stereocenters. The third-order valence-electron chi connectivity index (χ3n) is 7.46. The molecule has 1 heterocycles. The number of anilines is 1. The molecule has 4 aliphatic rings. The standard InChI is InChI=1S/C23H24N2S/c24-21-25-19-7-6-18(9-20(19)26-21)23-12-15-8-16(13-23)11-22(10-15,14-23)17-4-2-1-3-5-17/h1-7,9,15-16H,8,10-14H2,(H2,24,25). The molecule has 132 valence electrons. The van der Waals surface area contributed by atoms with Crippen molar-refractivity contribution in [3.8, 4) is 0 Å². The van der Waals surface area contributed by atoms with Gasteiger partial charge in [0, 0.05) is 0 Å². The number of hydrogen-bond donors (Lipinski definition) is 1. The van der Waals surface area contributed by atoms with E-state index in [1.807, 2.05) is 0 Å². The lowest BCUT2D eigenvalue weighted by Crippen LogP contribution is -2.55. The smallest absolute Gasteiger partial charge is 0.181 e. The van der Waals surface area contributed by atoms with E-state index in [4.69, 9.17) is 5.73 Å². The molecule has 2 aromatic carbocycles. The van der Waals surface area contributed by atoms with Gasteiger partial charge < -0.3 is 5.73 Å². The van der Waals surface area contributed by atoms with Crippen LogP contribution in [0.15, 0.2) is 48.5 Å². The fourth-order valence-corrected chi connectivity index (χ4v) is 7.78. The van der Waals surface area contributed by atoms with E-state index in [2.05, 4.69) is 53.5 Å². The Balaban J connectivity index is 1.49. The maximum atomic E-state index is 5.95. The van der Waals surface area contributed by atoms with Gasteiger partial charge in [-0.2, -0.15) is 0 Å². The molecule has 0 radical (unpaired) electrons. The second-order valence-corrected chi connectivity index (χ2v) is 10.2. The molecule has 2 nitrogen and oxygen atoms in total. The number of hydrogen-bond acceptors (Lipinski definition) is 3. The van der Waals surface area contributed by atoms with E-state index in [0.29, 0.717) is 16.0 Å². The molecule has 3 heteroatoms. The van der Waals surface area contributed by atoms with E-state index in [9.17, 15) is 0 Å². The molecule has 0 amide bonds. The predicted molar refractivity (Wildman–Crippen MR) is 109 cm³/mol. The van der Waals surface area contributed by atoms with Crippen molar-refractivity contribution >= 4 is 26.7 Å². The quantitative estimate of drug-likeness (QED) is 0.639. The second-order valence-electron chi connectivity index (χ2n) is 9.12. The van der Waals surface area contributed by atoms with Gasteiger partial charge in [0.1, 0.15) is 0 Å². The first-order valence-electron chi connectivity index (χ1n) is 9.86. The van der Waals surface area contributed by atoms with Crippen LogP contribution in [0.2, 0.25) is 0 Å². The van der Waals surface area contributed by atoms with Crippen LogP contribution in [-0.4, -0.2) is 4.98 Å². The van der Waals surface area contributed by atoms with Gasteiger partial charge in [0.2, 0.25) is 0 Å². The molecule has 4 saturated carbocycles. The van der Waals surface area contributed by atoms with E-state index < -0.39 is 0 Å². The molecule has 4 bridgehead atoms. The molecule has 1 aromatic heterocycles. The highest BCUT2D eigenvalue weighted by Gasteiger charge is 2.58. The van der Waals surface area contributed by atoms with Gasteiger partial charge in [-0.3, -0.25) is 0 Å². The van der Waals surface area contributed by atoms with Crippen molar-refractivity contribution in [3.63, 3.8) is 0 Å². The average Bonchev–Trinajstić information content (AvgIpc) is 3.00. The molecule has 3 aromatic rings. The summed E-state index contributed by atoms with van der Waals surface area (Å²) in [5, 5.41) is 0.684. The largest absolute Gasteiger partial charge is 0.375 e. The molecular formula is C23H24N2S. The zero-order valence-corrected chi connectivity index (χ0v) is 15.8. The fourth-order valence-electron chi connectivity index (χ4n) is 7.00. The Morgan fingerprint density at radius 2 is 1.58 bits per heavy atom. The van der Waals surface area contributed by atoms with Crippen molar-refractivity contribution in [2.75, 3.05) is 5.73 Å². The summed E-state index contributed by atoms with van der Waals surface area (Å²) in [7, 11) is 0. The van der Waals surface area contributed by atoms with Crippen LogP contribution >= 0.6 is 11.3 Å². The minimum atomic E-state index is 0.354. The Kier molecular flexibility index (Phi) is 2.98. The summed E-state index contributed by atoms with van der Waals surface area (Å²) in [6, 6.07) is 18.3. The zero-order chi connectivity index (χ0) is 17.4. The number of nitrogens with two attached hydrogens (primary N) is 1. The maximum absolute atomic E-state index is 5.95. The van der Waals surface area contributed by atoms with Gasteiger partial charge in [0.05, 0.1) is 10.2 Å². The Labute approximate surface area is 158 Å². The summed E-state index contributed by atoms with van der Waals surface area (Å²) in [5.41, 5.74) is 10.9. The SMILES string of the molecule is Nc1nc2ccc(C34CC5CC(CC(c6ccccc6)(C5)C3)C4)cc2s1. The Morgan fingerprint density at radius 1 is 0.885 bits per heavy atom. The molecule has 26 heavy (non-hydrogen) atoms. The minimum absolute atomic E-state index is 0.354. The van der Waals surface area contributed by atoms with Crippen LogP contribution < -0.4 is 5.73 Å². The molecule has 4 aliphatic carbocycles. The van der Waals surface area contributed by atoms with Crippen molar-refractivity contribution in [2.45, 2.75) is 49.4 Å². The third kappa shape index (κ3) is 2.07. The molecule has 4 fully saturated rings. The monoisotopic (exact) mass is 360 g/mol. The lowest BCUT2D eigenvalue weighted by molar-refractivity contribution is -0.0280. The van der Waals surface area contributed by atoms with Crippen LogP contribution in [0.3, 0.4) is 0 Å². The van der Waals surface area contributed by atoms with E-state index in [-0.39, 0.29) is 0 Å². The molecule has 0 spiro atoms. The van der Waals surface area contributed by atoms with Crippen molar-refractivity contribution in [1.29, 1.82) is 0 Å². The number of benzene rings is 2. The van der Waals surface area contributed by atoms with Crippen LogP contribution in [-0.2, 0) is 10.8 Å². The number of fused-ring (bicyclic) bond motifs is 1. The predicted octanol–water partition coefficient (Wildman–Crippen LogP) is 5.67. The normalized spacial score (nSPS) is 35.2. The van der Waals surface area contributed by atoms with Crippen molar-refractivity contribution in [1.82, 2.24) is 4.98 Å². The third-order valence-corrected chi connectivity index (χ3v) is 8.31. The van der Waals surface area contributed by atoms with Crippen molar-refractivity contribution in [3.05, 3.63) is 59.7 Å². The minimum Gasteiger partial charge on any atom is -0.375 e. The number of aromatic nitrogens is 1. The highest BCUT2D eigenvalue weighted by atomic mass is 32.1. The van der Waals surface area contributed by atoms with Crippen molar-refractivity contribution < 1.29 is 0 Å². The zero-order valence-electron chi connectivity index (χ0n) is 14.9. The van der Waals surface area contributed by atoms with Crippen LogP contribution in [0.25, 0.3) is 10.2 Å². The summed E-state index contributed by atoms with van der Waals surface area (Å²) in [6.45, 7) is 0. The lowest BCUT2D eigenvalue weighted by Gasteiger charge is -2.62. The molecule has 0 saturated heterocycles. The summed E-state index contributed by atoms with van der Waals surface area (Å²) in [5.74, 6) is 1.78. The first kappa shape index (κ1) is 15.2. The van der Waals surface area contributed by atoms with Crippen LogP contribution in [0.1, 0.15) is 49.7 Å². The highest BCUT2D eigenvalue weighted by molar-refractivity contribution is 7.22. The summed E-state index contributed by atoms with van der Waals surface area (Å²) in [6.07, 6.45) is 8.30. The van der Waals surface area contributed by atoms with Gasteiger partial charge in [0.25, 0.3) is 0 Å². The molecule has 2 unspecified atom stereocenters. The summed E-state index contributed by atoms with van der Waals surface area (Å²) in [4.78, 5) is 4.46. The van der Waals surface area contributed by atoms with E-state index in [1.54, 1.807) is 22.5 Å². The molecular weight excluding hydrogens is 336 g/mol. The van der Waals surface area contributed by atoms with Gasteiger partial charge in [0.15, 0.2) is 5.13 Å². The molecule has 2 N–H and O–H groups in total. The Bertz CT molecular complexity index is 976. The topological polar surface area (TPSA) is 38.9 Å². The van der Waals surface area contributed by atoms with Gasteiger partial charge in [-0.05, 0) is 84.5 Å². The lowest BCUT2D eigenvalue weighted by atomic mass is 9.42. The number of rotatable bonds is 2. The highest BCUT2D eigenvalue weighted by Crippen LogP contribution is 2.66. The maximum Gasteiger partial charge on any atom is 0.181 e. The van der Waals surface area contributed by atoms with Crippen LogP contribution in [0, 0.1) is 11.8 Å². The van der Waals surface area contributed by atoms with Gasteiger partial charge in [-0.1, -0.05) is 47.7 Å². The number of nitrogens with zero attached hydrogens (tertiary/aromatic N) is 1. The van der Waals surface area contributed by atoms with Crippen molar-refractivity contribution in [2.24, 2.45) is 11.8 Å². The van der Waals surface area contributed by atoms with Gasteiger partial charge >= 0.3 is 0 Å². The van der Waals surface area contributed by atoms with Gasteiger partial charge in [-0.15, -0.1) is 0 Å². The Morgan fingerprint density at radius 3 is 2.31 bits per heavy atom. The number of nitrogen functional groups attached to an aromatic ring is 1. The van der Waals surface area contributed by atoms with Gasteiger partial charge in [-0.25, -0.2) is 4.98 Å². The first-order chi connectivity index (χ1) is 12.6.